The average molecular weight is 503 g/mol. The highest BCUT2D eigenvalue weighted by Crippen LogP contribution is 2.38. The van der Waals surface area contributed by atoms with Gasteiger partial charge in [0, 0.05) is 23.6 Å². The topological polar surface area (TPSA) is 81.9 Å². The van der Waals surface area contributed by atoms with Crippen molar-refractivity contribution in [1.29, 1.82) is 0 Å². The number of aryl methyl sites for hydroxylation is 1. The third-order valence-corrected chi connectivity index (χ3v) is 12.4. The van der Waals surface area contributed by atoms with Crippen LogP contribution in [0.3, 0.4) is 0 Å². The Morgan fingerprint density at radius 1 is 1.32 bits per heavy atom. The number of ether oxygens (including phenoxy) is 1. The first-order valence-corrected chi connectivity index (χ1v) is 15.2. The van der Waals surface area contributed by atoms with Gasteiger partial charge in [-0.15, -0.1) is 11.3 Å². The highest BCUT2D eigenvalue weighted by atomic mass is 32.1. The van der Waals surface area contributed by atoms with Gasteiger partial charge in [0.1, 0.15) is 11.3 Å². The Balaban J connectivity index is 1.98. The van der Waals surface area contributed by atoms with Crippen molar-refractivity contribution in [2.24, 2.45) is 0 Å². The first-order valence-electron chi connectivity index (χ1n) is 11.4. The van der Waals surface area contributed by atoms with Crippen molar-refractivity contribution in [2.45, 2.75) is 58.3 Å². The molecular formula is C25H34N2O5SSi. The van der Waals surface area contributed by atoms with E-state index in [0.29, 0.717) is 30.9 Å². The third kappa shape index (κ3) is 5.42. The van der Waals surface area contributed by atoms with Crippen LogP contribution in [0.2, 0.25) is 18.1 Å². The Hall–Kier alpha value is -2.49. The number of methoxy groups -OCH3 is 1. The van der Waals surface area contributed by atoms with Gasteiger partial charge in [0.25, 0.3) is 11.6 Å². The summed E-state index contributed by atoms with van der Waals surface area (Å²) >= 11 is 1.67. The number of nitrogens with zero attached hydrogens (tertiary/aromatic N) is 2. The van der Waals surface area contributed by atoms with Gasteiger partial charge in [0.05, 0.1) is 24.7 Å². The molecule has 2 heterocycles. The smallest absolute Gasteiger partial charge is 0.282 e. The predicted molar refractivity (Wildman–Crippen MR) is 139 cm³/mol. The van der Waals surface area contributed by atoms with Gasteiger partial charge in [-0.3, -0.25) is 14.9 Å². The minimum Gasteiger partial charge on any atom is -0.496 e. The zero-order valence-electron chi connectivity index (χ0n) is 21.0. The Morgan fingerprint density at radius 2 is 2.03 bits per heavy atom. The molecule has 9 heteroatoms. The lowest BCUT2D eigenvalue weighted by molar-refractivity contribution is -0.385. The van der Waals surface area contributed by atoms with Crippen LogP contribution in [-0.2, 0) is 4.43 Å². The summed E-state index contributed by atoms with van der Waals surface area (Å²) in [7, 11) is -0.560. The summed E-state index contributed by atoms with van der Waals surface area (Å²) in [6.45, 7) is 13.4. The largest absolute Gasteiger partial charge is 0.496 e. The monoisotopic (exact) mass is 502 g/mol. The zero-order valence-corrected chi connectivity index (χ0v) is 22.8. The molecule has 0 radical (unpaired) electrons. The van der Waals surface area contributed by atoms with E-state index in [2.05, 4.69) is 39.9 Å². The van der Waals surface area contributed by atoms with Crippen LogP contribution in [0, 0.1) is 17.0 Å². The molecular weight excluding hydrogens is 468 g/mol. The molecule has 184 valence electrons. The molecule has 1 atom stereocenters. The second-order valence-corrected chi connectivity index (χ2v) is 15.9. The summed E-state index contributed by atoms with van der Waals surface area (Å²) in [4.78, 5) is 27.9. The van der Waals surface area contributed by atoms with Gasteiger partial charge in [-0.05, 0) is 54.1 Å². The summed E-state index contributed by atoms with van der Waals surface area (Å²) in [5, 5.41) is 13.9. The fraction of sp³-hybridized carbons (Fsp3) is 0.480. The first kappa shape index (κ1) is 26.1. The molecule has 1 aromatic carbocycles. The Bertz CT molecular complexity index is 1090. The van der Waals surface area contributed by atoms with Crippen LogP contribution in [0.4, 0.5) is 5.69 Å². The lowest BCUT2D eigenvalue weighted by atomic mass is 9.97. The van der Waals surface area contributed by atoms with E-state index in [0.717, 1.165) is 0 Å². The summed E-state index contributed by atoms with van der Waals surface area (Å²) in [5.41, 5.74) is 1.62. The maximum absolute atomic E-state index is 13.7. The fourth-order valence-corrected chi connectivity index (χ4v) is 5.58. The van der Waals surface area contributed by atoms with Crippen LogP contribution in [0.25, 0.3) is 5.57 Å². The minimum atomic E-state index is -2.05. The second kappa shape index (κ2) is 10.0. The van der Waals surface area contributed by atoms with Crippen LogP contribution in [0.1, 0.15) is 48.0 Å². The second-order valence-electron chi connectivity index (χ2n) is 10.2. The van der Waals surface area contributed by atoms with Gasteiger partial charge >= 0.3 is 0 Å². The molecule has 1 aliphatic rings. The summed E-state index contributed by atoms with van der Waals surface area (Å²) in [6, 6.07) is 6.76. The highest BCUT2D eigenvalue weighted by molar-refractivity contribution is 7.11. The molecule has 1 aromatic heterocycles. The predicted octanol–water partition coefficient (Wildman–Crippen LogP) is 6.29. The quantitative estimate of drug-likeness (QED) is 0.252. The molecule has 3 rings (SSSR count). The van der Waals surface area contributed by atoms with Gasteiger partial charge in [-0.25, -0.2) is 0 Å². The summed E-state index contributed by atoms with van der Waals surface area (Å²) in [6.07, 6.45) is 2.68. The molecule has 0 saturated carbocycles. The number of thiophene rings is 1. The molecule has 0 saturated heterocycles. The number of benzene rings is 1. The molecule has 0 fully saturated rings. The molecule has 0 N–H and O–H groups in total. The molecule has 0 aliphatic carbocycles. The van der Waals surface area contributed by atoms with E-state index in [1.54, 1.807) is 23.2 Å². The molecule has 7 nitrogen and oxygen atoms in total. The van der Waals surface area contributed by atoms with Crippen LogP contribution in [0.5, 0.6) is 5.75 Å². The lowest BCUT2D eigenvalue weighted by Crippen LogP contribution is -2.49. The van der Waals surface area contributed by atoms with E-state index in [9.17, 15) is 14.9 Å². The molecule has 1 aliphatic heterocycles. The number of hydrogen-bond donors (Lipinski definition) is 0. The van der Waals surface area contributed by atoms with Crippen LogP contribution >= 0.6 is 11.3 Å². The highest BCUT2D eigenvalue weighted by Gasteiger charge is 2.39. The standard InChI is InChI=1S/C25H34N2O5SSi/c1-17-13-21(27(29)30)20(15-22(17)31-5)24(28)26-11-10-18(23-9-8-12-33-23)14-19(26)16-32-34(6,7)25(2,3)4/h8-10,12-13,15,19H,11,14,16H2,1-7H3/t19-/m0/s1. The summed E-state index contributed by atoms with van der Waals surface area (Å²) in [5.74, 6) is 0.0742. The number of hydrogen-bond acceptors (Lipinski definition) is 6. The van der Waals surface area contributed by atoms with Crippen molar-refractivity contribution in [2.75, 3.05) is 20.3 Å². The van der Waals surface area contributed by atoms with E-state index < -0.39 is 13.2 Å². The number of amides is 1. The van der Waals surface area contributed by atoms with Crippen LogP contribution in [-0.4, -0.2) is 50.4 Å². The van der Waals surface area contributed by atoms with E-state index in [4.69, 9.17) is 9.16 Å². The molecule has 0 spiro atoms. The van der Waals surface area contributed by atoms with Gasteiger partial charge in [0.15, 0.2) is 8.32 Å². The maximum atomic E-state index is 13.7. The van der Waals surface area contributed by atoms with Crippen molar-refractivity contribution >= 4 is 36.8 Å². The van der Waals surface area contributed by atoms with Crippen molar-refractivity contribution < 1.29 is 18.9 Å². The minimum absolute atomic E-state index is 0.0338. The SMILES string of the molecule is COc1cc(C(=O)N2CC=C(c3cccs3)C[C@H]2CO[Si](C)(C)C(C)(C)C)c([N+](=O)[O-])cc1C. The van der Waals surface area contributed by atoms with Gasteiger partial charge in [-0.2, -0.15) is 0 Å². The molecule has 2 aromatic rings. The van der Waals surface area contributed by atoms with Crippen molar-refractivity contribution in [3.8, 4) is 5.75 Å². The van der Waals surface area contributed by atoms with Crippen LogP contribution in [0.15, 0.2) is 35.7 Å². The number of carbonyl (C=O) groups excluding carboxylic acids is 1. The van der Waals surface area contributed by atoms with E-state index in [1.807, 2.05) is 17.5 Å². The number of carbonyl (C=O) groups is 1. The molecule has 0 unspecified atom stereocenters. The Labute approximate surface area is 206 Å². The third-order valence-electron chi connectivity index (χ3n) is 6.91. The Morgan fingerprint density at radius 3 is 2.59 bits per heavy atom. The van der Waals surface area contributed by atoms with Gasteiger partial charge < -0.3 is 14.1 Å². The first-order chi connectivity index (χ1) is 15.9. The number of nitro groups is 1. The fourth-order valence-electron chi connectivity index (χ4n) is 3.76. The lowest BCUT2D eigenvalue weighted by Gasteiger charge is -2.40. The van der Waals surface area contributed by atoms with Crippen molar-refractivity contribution in [1.82, 2.24) is 4.90 Å². The van der Waals surface area contributed by atoms with Gasteiger partial charge in [0.2, 0.25) is 0 Å². The maximum Gasteiger partial charge on any atom is 0.282 e. The van der Waals surface area contributed by atoms with Crippen LogP contribution < -0.4 is 4.74 Å². The van der Waals surface area contributed by atoms with Crippen molar-refractivity contribution in [3.63, 3.8) is 0 Å². The average Bonchev–Trinajstić information content (AvgIpc) is 3.31. The van der Waals surface area contributed by atoms with Crippen molar-refractivity contribution in [3.05, 3.63) is 61.8 Å². The molecule has 1 amide bonds. The zero-order chi connectivity index (χ0) is 25.3. The van der Waals surface area contributed by atoms with Gasteiger partial charge in [-0.1, -0.05) is 32.9 Å². The summed E-state index contributed by atoms with van der Waals surface area (Å²) < 4.78 is 11.9. The molecule has 34 heavy (non-hydrogen) atoms. The number of nitro benzene ring substituents is 1. The normalized spacial score (nSPS) is 16.9. The van der Waals surface area contributed by atoms with E-state index in [1.165, 1.54) is 29.7 Å². The number of rotatable bonds is 7. The van der Waals surface area contributed by atoms with E-state index in [-0.39, 0.29) is 28.2 Å². The molecule has 0 bridgehead atoms. The van der Waals surface area contributed by atoms with E-state index >= 15 is 0 Å². The Kier molecular flexibility index (Phi) is 7.69.